The van der Waals surface area contributed by atoms with E-state index in [0.29, 0.717) is 48.5 Å². The van der Waals surface area contributed by atoms with Crippen LogP contribution in [0.15, 0.2) is 35.1 Å². The lowest BCUT2D eigenvalue weighted by Crippen LogP contribution is -2.42. The summed E-state index contributed by atoms with van der Waals surface area (Å²) in [5.41, 5.74) is 2.97. The van der Waals surface area contributed by atoms with Crippen LogP contribution in [0.4, 0.5) is 8.78 Å². The second-order valence-electron chi connectivity index (χ2n) is 10.0. The van der Waals surface area contributed by atoms with Crippen molar-refractivity contribution in [3.63, 3.8) is 0 Å². The average Bonchev–Trinajstić information content (AvgIpc) is 3.19. The predicted molar refractivity (Wildman–Crippen MR) is 141 cm³/mol. The first-order chi connectivity index (χ1) is 18.1. The fourth-order valence-corrected chi connectivity index (χ4v) is 5.62. The molecule has 3 heterocycles. The van der Waals surface area contributed by atoms with Gasteiger partial charge in [-0.05, 0) is 64.8 Å². The van der Waals surface area contributed by atoms with Gasteiger partial charge < -0.3 is 19.6 Å². The SMILES string of the molecule is COc1cc(C)[nH]c(=O)c1CNC(=O)c1c(C)n([C@H](C)C2CCN(CC(F)(F)C#N)CC2)c2ccccc12. The van der Waals surface area contributed by atoms with Gasteiger partial charge in [0.25, 0.3) is 11.5 Å². The number of aromatic amines is 1. The minimum absolute atomic E-state index is 0.0118. The van der Waals surface area contributed by atoms with Crippen molar-refractivity contribution in [3.05, 3.63) is 63.2 Å². The summed E-state index contributed by atoms with van der Waals surface area (Å²) in [7, 11) is 1.48. The molecule has 2 aromatic heterocycles. The quantitative estimate of drug-likeness (QED) is 0.456. The van der Waals surface area contributed by atoms with Gasteiger partial charge in [0.05, 0.1) is 31.3 Å². The first-order valence-corrected chi connectivity index (χ1v) is 12.7. The van der Waals surface area contributed by atoms with Crippen LogP contribution in [0.2, 0.25) is 0 Å². The molecule has 202 valence electrons. The third-order valence-electron chi connectivity index (χ3n) is 7.57. The Labute approximate surface area is 220 Å². The molecule has 1 atom stereocenters. The predicted octanol–water partition coefficient (Wildman–Crippen LogP) is 4.32. The van der Waals surface area contributed by atoms with Gasteiger partial charge in [-0.25, -0.2) is 0 Å². The van der Waals surface area contributed by atoms with Gasteiger partial charge in [0, 0.05) is 28.3 Å². The van der Waals surface area contributed by atoms with Crippen LogP contribution in [0.3, 0.4) is 0 Å². The summed E-state index contributed by atoms with van der Waals surface area (Å²) in [5, 5.41) is 12.4. The second-order valence-corrected chi connectivity index (χ2v) is 10.0. The van der Waals surface area contributed by atoms with Gasteiger partial charge >= 0.3 is 5.92 Å². The van der Waals surface area contributed by atoms with Crippen LogP contribution < -0.4 is 15.6 Å². The van der Waals surface area contributed by atoms with E-state index in [2.05, 4.69) is 21.8 Å². The number of halogens is 2. The molecule has 1 amide bonds. The van der Waals surface area contributed by atoms with Crippen molar-refractivity contribution in [1.29, 1.82) is 5.26 Å². The van der Waals surface area contributed by atoms with E-state index in [0.717, 1.165) is 22.7 Å². The molecule has 3 aromatic rings. The summed E-state index contributed by atoms with van der Waals surface area (Å²) in [4.78, 5) is 30.3. The largest absolute Gasteiger partial charge is 0.496 e. The number of aromatic nitrogens is 2. The minimum atomic E-state index is -3.35. The number of nitrogens with one attached hydrogen (secondary N) is 2. The van der Waals surface area contributed by atoms with E-state index in [9.17, 15) is 18.4 Å². The number of benzene rings is 1. The average molecular weight is 526 g/mol. The Morgan fingerprint density at radius 1 is 1.29 bits per heavy atom. The molecule has 0 unspecified atom stereocenters. The van der Waals surface area contributed by atoms with Crippen LogP contribution in [0.5, 0.6) is 5.75 Å². The highest BCUT2D eigenvalue weighted by Crippen LogP contribution is 2.36. The highest BCUT2D eigenvalue weighted by atomic mass is 19.3. The van der Waals surface area contributed by atoms with Crippen LogP contribution in [0, 0.1) is 31.1 Å². The Hall–Kier alpha value is -3.71. The van der Waals surface area contributed by atoms with Crippen LogP contribution >= 0.6 is 0 Å². The molecule has 0 spiro atoms. The number of para-hydroxylation sites is 1. The lowest BCUT2D eigenvalue weighted by atomic mass is 9.89. The monoisotopic (exact) mass is 525 g/mol. The number of nitriles is 1. The number of carbonyl (C=O) groups excluding carboxylic acids is 1. The van der Waals surface area contributed by atoms with Crippen molar-refractivity contribution < 1.29 is 18.3 Å². The van der Waals surface area contributed by atoms with Crippen molar-refractivity contribution >= 4 is 16.8 Å². The smallest absolute Gasteiger partial charge is 0.344 e. The van der Waals surface area contributed by atoms with Gasteiger partial charge in [0.2, 0.25) is 0 Å². The van der Waals surface area contributed by atoms with Gasteiger partial charge in [-0.15, -0.1) is 0 Å². The Morgan fingerprint density at radius 2 is 1.97 bits per heavy atom. The maximum absolute atomic E-state index is 13.5. The normalized spacial score (nSPS) is 15.8. The number of alkyl halides is 2. The van der Waals surface area contributed by atoms with Gasteiger partial charge in [-0.2, -0.15) is 14.0 Å². The molecule has 1 aromatic carbocycles. The summed E-state index contributed by atoms with van der Waals surface area (Å²) in [5.74, 6) is -3.00. The van der Waals surface area contributed by atoms with Crippen molar-refractivity contribution in [2.45, 2.75) is 52.1 Å². The third kappa shape index (κ3) is 5.43. The Bertz CT molecular complexity index is 1430. The van der Waals surface area contributed by atoms with Gasteiger partial charge in [-0.1, -0.05) is 18.2 Å². The number of nitrogens with zero attached hydrogens (tertiary/aromatic N) is 3. The van der Waals surface area contributed by atoms with Crippen LogP contribution in [-0.2, 0) is 6.54 Å². The lowest BCUT2D eigenvalue weighted by molar-refractivity contribution is 0.00755. The summed E-state index contributed by atoms with van der Waals surface area (Å²) in [6, 6.07) is 10.5. The molecule has 10 heteroatoms. The number of aryl methyl sites for hydroxylation is 1. The van der Waals surface area contributed by atoms with E-state index in [1.54, 1.807) is 17.9 Å². The molecular weight excluding hydrogens is 492 g/mol. The highest BCUT2D eigenvalue weighted by Gasteiger charge is 2.35. The van der Waals surface area contributed by atoms with Crippen molar-refractivity contribution in [2.24, 2.45) is 5.92 Å². The number of likely N-dealkylation sites (tertiary alicyclic amines) is 1. The standard InChI is InChI=1S/C28H33F2N5O3/c1-17-13-24(38-4)22(26(36)33-17)14-32-27(37)25-19(3)35(23-8-6-5-7-21(23)25)18(2)20-9-11-34(12-10-20)16-28(29,30)15-31/h5-8,13,18,20H,9-12,14,16H2,1-4H3,(H,32,37)(H,33,36)/t18-/m1/s1. The summed E-state index contributed by atoms with van der Waals surface area (Å²) < 4.78 is 34.6. The van der Waals surface area contributed by atoms with E-state index in [-0.39, 0.29) is 30.0 Å². The number of fused-ring (bicyclic) bond motifs is 1. The molecular formula is C28H33F2N5O3. The number of methoxy groups -OCH3 is 1. The lowest BCUT2D eigenvalue weighted by Gasteiger charge is -2.36. The van der Waals surface area contributed by atoms with Crippen molar-refractivity contribution in [1.82, 2.24) is 19.8 Å². The molecule has 0 radical (unpaired) electrons. The maximum atomic E-state index is 13.5. The number of carbonyl (C=O) groups is 1. The second kappa shape index (κ2) is 11.0. The molecule has 1 aliphatic rings. The molecule has 2 N–H and O–H groups in total. The first-order valence-electron chi connectivity index (χ1n) is 12.7. The van der Waals surface area contributed by atoms with E-state index >= 15 is 0 Å². The zero-order chi connectivity index (χ0) is 27.6. The molecule has 1 aliphatic heterocycles. The Balaban J connectivity index is 1.57. The first kappa shape index (κ1) is 27.3. The van der Waals surface area contributed by atoms with Crippen LogP contribution in [0.1, 0.15) is 53.1 Å². The van der Waals surface area contributed by atoms with Gasteiger partial charge in [0.1, 0.15) is 11.8 Å². The van der Waals surface area contributed by atoms with Crippen LogP contribution in [-0.4, -0.2) is 53.0 Å². The zero-order valence-corrected chi connectivity index (χ0v) is 22.1. The number of ether oxygens (including phenoxy) is 1. The highest BCUT2D eigenvalue weighted by molar-refractivity contribution is 6.08. The molecule has 38 heavy (non-hydrogen) atoms. The molecule has 0 bridgehead atoms. The molecule has 1 saturated heterocycles. The van der Waals surface area contributed by atoms with Crippen LogP contribution in [0.25, 0.3) is 10.9 Å². The summed E-state index contributed by atoms with van der Waals surface area (Å²) >= 11 is 0. The van der Waals surface area contributed by atoms with Crippen molar-refractivity contribution in [3.8, 4) is 11.8 Å². The fraction of sp³-hybridized carbons (Fsp3) is 0.464. The molecule has 1 fully saturated rings. The number of pyridine rings is 1. The zero-order valence-electron chi connectivity index (χ0n) is 22.1. The number of H-pyrrole nitrogens is 1. The Kier molecular flexibility index (Phi) is 7.88. The topological polar surface area (TPSA) is 103 Å². The number of hydrogen-bond acceptors (Lipinski definition) is 5. The molecule has 4 rings (SSSR count). The van der Waals surface area contributed by atoms with E-state index in [1.807, 2.05) is 31.2 Å². The molecule has 8 nitrogen and oxygen atoms in total. The minimum Gasteiger partial charge on any atom is -0.496 e. The van der Waals surface area contributed by atoms with Gasteiger partial charge in [0.15, 0.2) is 0 Å². The Morgan fingerprint density at radius 3 is 2.63 bits per heavy atom. The number of hydrogen-bond donors (Lipinski definition) is 2. The molecule has 0 saturated carbocycles. The third-order valence-corrected chi connectivity index (χ3v) is 7.57. The fourth-order valence-electron chi connectivity index (χ4n) is 5.62. The van der Waals surface area contributed by atoms with Gasteiger partial charge in [-0.3, -0.25) is 14.5 Å². The van der Waals surface area contributed by atoms with E-state index in [4.69, 9.17) is 10.00 Å². The molecule has 0 aliphatic carbocycles. The summed E-state index contributed by atoms with van der Waals surface area (Å²) in [6.45, 7) is 6.22. The maximum Gasteiger partial charge on any atom is 0.344 e. The number of amides is 1. The van der Waals surface area contributed by atoms with E-state index < -0.39 is 12.5 Å². The van der Waals surface area contributed by atoms with Crippen molar-refractivity contribution in [2.75, 3.05) is 26.7 Å². The summed E-state index contributed by atoms with van der Waals surface area (Å²) in [6.07, 6.45) is 1.43. The number of rotatable bonds is 8. The number of piperidine rings is 1. The van der Waals surface area contributed by atoms with E-state index in [1.165, 1.54) is 7.11 Å².